The van der Waals surface area contributed by atoms with E-state index in [2.05, 4.69) is 4.99 Å². The van der Waals surface area contributed by atoms with Crippen LogP contribution in [0.2, 0.25) is 0 Å². The number of cyclic esters (lactones) is 1. The number of esters is 1. The molecule has 1 aliphatic rings. The van der Waals surface area contributed by atoms with Gasteiger partial charge in [-0.1, -0.05) is 20.8 Å². The van der Waals surface area contributed by atoms with Crippen LogP contribution < -0.4 is 0 Å². The van der Waals surface area contributed by atoms with E-state index >= 15 is 0 Å². The van der Waals surface area contributed by atoms with Crippen LogP contribution in [0.4, 0.5) is 4.79 Å². The summed E-state index contributed by atoms with van der Waals surface area (Å²) in [4.78, 5) is 26.8. The van der Waals surface area contributed by atoms with Gasteiger partial charge in [0.15, 0.2) is 0 Å². The second kappa shape index (κ2) is 4.13. The Bertz CT molecular complexity index is 371. The van der Waals surface area contributed by atoms with E-state index < -0.39 is 29.2 Å². The van der Waals surface area contributed by atoms with Gasteiger partial charge in [-0.2, -0.15) is 4.99 Å². The normalized spacial score (nSPS) is 20.9. The van der Waals surface area contributed by atoms with Crippen molar-refractivity contribution in [1.82, 2.24) is 0 Å². The van der Waals surface area contributed by atoms with Gasteiger partial charge in [-0.15, -0.1) is 0 Å². The van der Waals surface area contributed by atoms with E-state index in [1.165, 1.54) is 0 Å². The Kier molecular flexibility index (Phi) is 3.32. The van der Waals surface area contributed by atoms with Gasteiger partial charge in [0.05, 0.1) is 5.71 Å². The number of hydrogen-bond donors (Lipinski definition) is 0. The van der Waals surface area contributed by atoms with E-state index in [4.69, 9.17) is 9.47 Å². The van der Waals surface area contributed by atoms with Crippen molar-refractivity contribution < 1.29 is 19.1 Å². The molecule has 5 heteroatoms. The molecule has 5 nitrogen and oxygen atoms in total. The van der Waals surface area contributed by atoms with Crippen LogP contribution in [0.15, 0.2) is 4.99 Å². The van der Waals surface area contributed by atoms with E-state index in [1.807, 2.05) is 20.8 Å². The minimum atomic E-state index is -1.01. The summed E-state index contributed by atoms with van der Waals surface area (Å²) >= 11 is 0. The Balaban J connectivity index is 2.89. The van der Waals surface area contributed by atoms with Crippen LogP contribution in [0.1, 0.15) is 41.5 Å². The van der Waals surface area contributed by atoms with Crippen LogP contribution >= 0.6 is 0 Å². The molecule has 0 aromatic carbocycles. The summed E-state index contributed by atoms with van der Waals surface area (Å²) in [6.45, 7) is 10.9. The zero-order chi connectivity index (χ0) is 13.4. The van der Waals surface area contributed by atoms with Gasteiger partial charge < -0.3 is 9.47 Å². The average Bonchev–Trinajstić information content (AvgIpc) is 2.43. The standard InChI is InChI=1S/C12H19NO4/c1-11(2,3)8-7(16-10(15)13-8)9(14)17-12(4,5)6/h7H,1-6H3. The van der Waals surface area contributed by atoms with Crippen molar-refractivity contribution in [2.24, 2.45) is 10.4 Å². The third-order valence-corrected chi connectivity index (χ3v) is 2.07. The predicted octanol–water partition coefficient (Wildman–Crippen LogP) is 2.33. The van der Waals surface area contributed by atoms with Crippen LogP contribution in [0.3, 0.4) is 0 Å². The Morgan fingerprint density at radius 1 is 1.24 bits per heavy atom. The van der Waals surface area contributed by atoms with Crippen molar-refractivity contribution in [3.05, 3.63) is 0 Å². The fourth-order valence-corrected chi connectivity index (χ4v) is 1.42. The van der Waals surface area contributed by atoms with Crippen molar-refractivity contribution in [2.75, 3.05) is 0 Å². The van der Waals surface area contributed by atoms with Crippen molar-refractivity contribution >= 4 is 17.8 Å². The summed E-state index contributed by atoms with van der Waals surface area (Å²) in [5.41, 5.74) is -0.611. The summed E-state index contributed by atoms with van der Waals surface area (Å²) in [6.07, 6.45) is -1.74. The summed E-state index contributed by atoms with van der Waals surface area (Å²) < 4.78 is 10.1. The Morgan fingerprint density at radius 3 is 2.18 bits per heavy atom. The Morgan fingerprint density at radius 2 is 1.76 bits per heavy atom. The maximum Gasteiger partial charge on any atom is 0.434 e. The van der Waals surface area contributed by atoms with Crippen molar-refractivity contribution in [3.63, 3.8) is 0 Å². The van der Waals surface area contributed by atoms with Gasteiger partial charge in [0.2, 0.25) is 6.10 Å². The number of amides is 1. The molecular weight excluding hydrogens is 222 g/mol. The molecular formula is C12H19NO4. The number of aliphatic imine (C=N–C) groups is 1. The molecule has 0 radical (unpaired) electrons. The molecule has 1 amide bonds. The smallest absolute Gasteiger partial charge is 0.434 e. The highest BCUT2D eigenvalue weighted by Crippen LogP contribution is 2.26. The largest absolute Gasteiger partial charge is 0.457 e. The van der Waals surface area contributed by atoms with E-state index in [0.29, 0.717) is 5.71 Å². The lowest BCUT2D eigenvalue weighted by Crippen LogP contribution is -2.41. The maximum absolute atomic E-state index is 11.9. The SMILES string of the molecule is CC(C)(C)OC(=O)C1OC(=O)N=C1C(C)(C)C. The molecule has 0 spiro atoms. The van der Waals surface area contributed by atoms with Gasteiger partial charge >= 0.3 is 12.1 Å². The molecule has 0 saturated heterocycles. The number of ether oxygens (including phenoxy) is 2. The highest BCUT2D eigenvalue weighted by molar-refractivity contribution is 6.14. The average molecular weight is 241 g/mol. The van der Waals surface area contributed by atoms with Gasteiger partial charge in [-0.25, -0.2) is 9.59 Å². The summed E-state index contributed by atoms with van der Waals surface area (Å²) in [5, 5.41) is 0. The molecule has 1 atom stereocenters. The molecule has 1 unspecified atom stereocenters. The third-order valence-electron chi connectivity index (χ3n) is 2.07. The van der Waals surface area contributed by atoms with E-state index in [1.54, 1.807) is 20.8 Å². The van der Waals surface area contributed by atoms with Crippen LogP contribution in [0.25, 0.3) is 0 Å². The first-order valence-corrected chi connectivity index (χ1v) is 5.53. The molecule has 0 saturated carbocycles. The monoisotopic (exact) mass is 241 g/mol. The molecule has 0 aliphatic carbocycles. The van der Waals surface area contributed by atoms with Gasteiger partial charge in [-0.3, -0.25) is 0 Å². The first-order valence-electron chi connectivity index (χ1n) is 5.53. The zero-order valence-electron chi connectivity index (χ0n) is 11.2. The molecule has 0 N–H and O–H groups in total. The molecule has 1 aliphatic heterocycles. The topological polar surface area (TPSA) is 65.0 Å². The molecule has 0 aromatic heterocycles. The first kappa shape index (κ1) is 13.7. The Labute approximate surface area is 101 Å². The number of carbonyl (C=O) groups excluding carboxylic acids is 2. The molecule has 0 aromatic rings. The van der Waals surface area contributed by atoms with Crippen LogP contribution in [0, 0.1) is 5.41 Å². The fraction of sp³-hybridized carbons (Fsp3) is 0.750. The molecule has 0 bridgehead atoms. The summed E-state index contributed by atoms with van der Waals surface area (Å²) in [6, 6.07) is 0. The van der Waals surface area contributed by atoms with Crippen LogP contribution in [-0.4, -0.2) is 29.5 Å². The highest BCUT2D eigenvalue weighted by atomic mass is 16.6. The molecule has 1 heterocycles. The third kappa shape index (κ3) is 3.54. The molecule has 17 heavy (non-hydrogen) atoms. The van der Waals surface area contributed by atoms with E-state index in [0.717, 1.165) is 0 Å². The van der Waals surface area contributed by atoms with Crippen molar-refractivity contribution in [3.8, 4) is 0 Å². The zero-order valence-corrected chi connectivity index (χ0v) is 11.2. The van der Waals surface area contributed by atoms with Crippen molar-refractivity contribution in [1.29, 1.82) is 0 Å². The lowest BCUT2D eigenvalue weighted by molar-refractivity contribution is -0.161. The predicted molar refractivity (Wildman–Crippen MR) is 63.0 cm³/mol. The number of carbonyl (C=O) groups is 2. The minimum absolute atomic E-state index is 0.409. The van der Waals surface area contributed by atoms with E-state index in [-0.39, 0.29) is 0 Å². The lowest BCUT2D eigenvalue weighted by Gasteiger charge is -2.25. The number of rotatable bonds is 1. The lowest BCUT2D eigenvalue weighted by atomic mass is 9.87. The van der Waals surface area contributed by atoms with Gasteiger partial charge in [0, 0.05) is 5.41 Å². The number of hydrogen-bond acceptors (Lipinski definition) is 4. The van der Waals surface area contributed by atoms with E-state index in [9.17, 15) is 9.59 Å². The minimum Gasteiger partial charge on any atom is -0.457 e. The Hall–Kier alpha value is -1.39. The van der Waals surface area contributed by atoms with Gasteiger partial charge in [0.25, 0.3) is 0 Å². The van der Waals surface area contributed by atoms with Gasteiger partial charge in [0.1, 0.15) is 5.60 Å². The fourth-order valence-electron chi connectivity index (χ4n) is 1.42. The molecule has 0 fully saturated rings. The van der Waals surface area contributed by atoms with Crippen LogP contribution in [-0.2, 0) is 14.3 Å². The first-order chi connectivity index (χ1) is 7.50. The highest BCUT2D eigenvalue weighted by Gasteiger charge is 2.42. The second-order valence-corrected chi connectivity index (χ2v) is 6.04. The second-order valence-electron chi connectivity index (χ2n) is 6.04. The molecule has 1 rings (SSSR count). The van der Waals surface area contributed by atoms with Crippen molar-refractivity contribution in [2.45, 2.75) is 53.2 Å². The summed E-state index contributed by atoms with van der Waals surface area (Å²) in [7, 11) is 0. The number of nitrogens with zero attached hydrogens (tertiary/aromatic N) is 1. The van der Waals surface area contributed by atoms with Gasteiger partial charge in [-0.05, 0) is 20.8 Å². The van der Waals surface area contributed by atoms with Crippen LogP contribution in [0.5, 0.6) is 0 Å². The summed E-state index contributed by atoms with van der Waals surface area (Å²) in [5.74, 6) is -0.572. The maximum atomic E-state index is 11.9. The quantitative estimate of drug-likeness (QED) is 0.661. The molecule has 96 valence electrons.